The minimum absolute atomic E-state index is 0.383. The molecule has 0 unspecified atom stereocenters. The molecule has 1 aliphatic heterocycles. The van der Waals surface area contributed by atoms with Gasteiger partial charge in [0.1, 0.15) is 5.75 Å². The molecule has 23 heavy (non-hydrogen) atoms. The Morgan fingerprint density at radius 1 is 1.22 bits per heavy atom. The molecule has 2 aromatic rings. The Balaban J connectivity index is 1.66. The van der Waals surface area contributed by atoms with E-state index in [0.717, 1.165) is 25.9 Å². The van der Waals surface area contributed by atoms with Gasteiger partial charge in [-0.15, -0.1) is 0 Å². The molecule has 0 bridgehead atoms. The smallest absolute Gasteiger partial charge is 0.410 e. The Morgan fingerprint density at radius 2 is 2.04 bits per heavy atom. The van der Waals surface area contributed by atoms with Crippen LogP contribution in [0.3, 0.4) is 0 Å². The van der Waals surface area contributed by atoms with Crippen LogP contribution in [0.2, 0.25) is 0 Å². The fraction of sp³-hybridized carbons (Fsp3) is 0.316. The van der Waals surface area contributed by atoms with E-state index in [4.69, 9.17) is 4.74 Å². The zero-order valence-electron chi connectivity index (χ0n) is 13.4. The summed E-state index contributed by atoms with van der Waals surface area (Å²) in [6.45, 7) is 4.55. The molecule has 0 aromatic heterocycles. The number of amides is 1. The number of carbonyl (C=O) groups is 1. The molecule has 1 N–H and O–H groups in total. The van der Waals surface area contributed by atoms with Crippen molar-refractivity contribution in [3.05, 3.63) is 59.7 Å². The molecule has 2 aromatic carbocycles. The van der Waals surface area contributed by atoms with Crippen LogP contribution in [0.5, 0.6) is 5.75 Å². The number of carbonyl (C=O) groups excluding carboxylic acids is 1. The number of benzene rings is 2. The minimum atomic E-state index is -0.383. The molecular weight excluding hydrogens is 288 g/mol. The first-order chi connectivity index (χ1) is 11.3. The van der Waals surface area contributed by atoms with Crippen LogP contribution < -0.4 is 15.0 Å². The zero-order valence-corrected chi connectivity index (χ0v) is 13.4. The van der Waals surface area contributed by atoms with E-state index in [1.54, 1.807) is 0 Å². The van der Waals surface area contributed by atoms with Gasteiger partial charge in [-0.2, -0.15) is 0 Å². The number of hydrogen-bond donors (Lipinski definition) is 1. The van der Waals surface area contributed by atoms with E-state index in [9.17, 15) is 4.79 Å². The van der Waals surface area contributed by atoms with E-state index in [0.29, 0.717) is 12.3 Å². The summed E-state index contributed by atoms with van der Waals surface area (Å²) >= 11 is 0. The first-order valence-corrected chi connectivity index (χ1v) is 8.13. The summed E-state index contributed by atoms with van der Waals surface area (Å²) in [5.74, 6) is 0.610. The van der Waals surface area contributed by atoms with E-state index in [2.05, 4.69) is 34.5 Å². The molecular formula is C19H22N2O2. The fourth-order valence-corrected chi connectivity index (χ4v) is 2.85. The summed E-state index contributed by atoms with van der Waals surface area (Å²) in [5, 5.41) is 2.72. The fourth-order valence-electron chi connectivity index (χ4n) is 2.85. The van der Waals surface area contributed by atoms with Gasteiger partial charge in [-0.05, 0) is 42.2 Å². The first kappa shape index (κ1) is 15.4. The van der Waals surface area contributed by atoms with Crippen molar-refractivity contribution in [1.29, 1.82) is 0 Å². The normalized spacial score (nSPS) is 12.8. The summed E-state index contributed by atoms with van der Waals surface area (Å²) in [7, 11) is 0. The van der Waals surface area contributed by atoms with Crippen LogP contribution in [0.15, 0.2) is 48.5 Å². The summed E-state index contributed by atoms with van der Waals surface area (Å²) in [4.78, 5) is 14.0. The van der Waals surface area contributed by atoms with Crippen molar-refractivity contribution in [1.82, 2.24) is 5.32 Å². The van der Waals surface area contributed by atoms with Crippen molar-refractivity contribution in [2.45, 2.75) is 26.3 Å². The van der Waals surface area contributed by atoms with Gasteiger partial charge in [0.15, 0.2) is 0 Å². The van der Waals surface area contributed by atoms with Crippen molar-refractivity contribution in [2.75, 3.05) is 18.0 Å². The van der Waals surface area contributed by atoms with Crippen molar-refractivity contribution in [3.8, 4) is 5.75 Å². The first-order valence-electron chi connectivity index (χ1n) is 8.13. The number of anilines is 1. The third-order valence-electron chi connectivity index (χ3n) is 3.99. The van der Waals surface area contributed by atoms with E-state index < -0.39 is 0 Å². The number of ether oxygens (including phenoxy) is 1. The molecule has 4 heteroatoms. The summed E-state index contributed by atoms with van der Waals surface area (Å²) < 4.78 is 5.33. The van der Waals surface area contributed by atoms with Gasteiger partial charge in [0.2, 0.25) is 0 Å². The number of hydrogen-bond acceptors (Lipinski definition) is 3. The summed E-state index contributed by atoms with van der Waals surface area (Å²) in [6, 6.07) is 16.4. The van der Waals surface area contributed by atoms with Crippen molar-refractivity contribution >= 4 is 11.8 Å². The lowest BCUT2D eigenvalue weighted by Crippen LogP contribution is -2.27. The molecule has 120 valence electrons. The summed E-state index contributed by atoms with van der Waals surface area (Å²) in [5.41, 5.74) is 3.77. The Labute approximate surface area is 137 Å². The second-order valence-electron chi connectivity index (χ2n) is 5.76. The van der Waals surface area contributed by atoms with Crippen LogP contribution in [-0.4, -0.2) is 19.2 Å². The lowest BCUT2D eigenvalue weighted by atomic mass is 10.1. The number of fused-ring (bicyclic) bond motifs is 1. The minimum Gasteiger partial charge on any atom is -0.410 e. The molecule has 0 spiro atoms. The maximum absolute atomic E-state index is 11.6. The number of nitrogens with one attached hydrogen (secondary N) is 1. The highest BCUT2D eigenvalue weighted by Gasteiger charge is 2.20. The van der Waals surface area contributed by atoms with Crippen molar-refractivity contribution < 1.29 is 9.53 Å². The Kier molecular flexibility index (Phi) is 4.81. The highest BCUT2D eigenvalue weighted by Crippen LogP contribution is 2.32. The number of rotatable bonds is 5. The van der Waals surface area contributed by atoms with Gasteiger partial charge in [-0.3, -0.25) is 0 Å². The quantitative estimate of drug-likeness (QED) is 0.914. The molecule has 1 amide bonds. The topological polar surface area (TPSA) is 41.6 Å². The Morgan fingerprint density at radius 3 is 2.83 bits per heavy atom. The maximum atomic E-state index is 11.6. The van der Waals surface area contributed by atoms with Crippen LogP contribution in [0.4, 0.5) is 10.5 Å². The Bertz CT molecular complexity index is 670. The van der Waals surface area contributed by atoms with Gasteiger partial charge >= 0.3 is 6.09 Å². The molecule has 3 rings (SSSR count). The SMILES string of the molecule is CCCNC(=O)Oc1ccc2c(c1)CCN2Cc1ccccc1. The van der Waals surface area contributed by atoms with Crippen molar-refractivity contribution in [2.24, 2.45) is 0 Å². The van der Waals surface area contributed by atoms with E-state index in [1.165, 1.54) is 16.8 Å². The van der Waals surface area contributed by atoms with Gasteiger partial charge < -0.3 is 15.0 Å². The molecule has 1 heterocycles. The van der Waals surface area contributed by atoms with Crippen LogP contribution in [-0.2, 0) is 13.0 Å². The molecule has 0 saturated carbocycles. The van der Waals surface area contributed by atoms with Gasteiger partial charge in [-0.25, -0.2) is 4.79 Å². The van der Waals surface area contributed by atoms with E-state index >= 15 is 0 Å². The van der Waals surface area contributed by atoms with Gasteiger partial charge in [0, 0.05) is 25.3 Å². The molecule has 4 nitrogen and oxygen atoms in total. The predicted molar refractivity (Wildman–Crippen MR) is 92.0 cm³/mol. The second-order valence-corrected chi connectivity index (χ2v) is 5.76. The monoisotopic (exact) mass is 310 g/mol. The maximum Gasteiger partial charge on any atom is 0.412 e. The third kappa shape index (κ3) is 3.83. The molecule has 0 radical (unpaired) electrons. The lowest BCUT2D eigenvalue weighted by molar-refractivity contribution is 0.200. The van der Waals surface area contributed by atoms with Crippen LogP contribution in [0, 0.1) is 0 Å². The average Bonchev–Trinajstić information content (AvgIpc) is 2.96. The van der Waals surface area contributed by atoms with Crippen LogP contribution >= 0.6 is 0 Å². The highest BCUT2D eigenvalue weighted by atomic mass is 16.6. The van der Waals surface area contributed by atoms with Crippen LogP contribution in [0.1, 0.15) is 24.5 Å². The zero-order chi connectivity index (χ0) is 16.1. The molecule has 0 aliphatic carbocycles. The average molecular weight is 310 g/mol. The molecule has 0 atom stereocenters. The standard InChI is InChI=1S/C19H22N2O2/c1-2-11-20-19(22)23-17-8-9-18-16(13-17)10-12-21(18)14-15-6-4-3-5-7-15/h3-9,13H,2,10-12,14H2,1H3,(H,20,22). The largest absolute Gasteiger partial charge is 0.412 e. The molecule has 0 saturated heterocycles. The number of nitrogens with zero attached hydrogens (tertiary/aromatic N) is 1. The Hall–Kier alpha value is -2.49. The van der Waals surface area contributed by atoms with E-state index in [1.807, 2.05) is 31.2 Å². The lowest BCUT2D eigenvalue weighted by Gasteiger charge is -2.19. The third-order valence-corrected chi connectivity index (χ3v) is 3.99. The molecule has 1 aliphatic rings. The highest BCUT2D eigenvalue weighted by molar-refractivity contribution is 5.71. The molecule has 0 fully saturated rings. The summed E-state index contributed by atoms with van der Waals surface area (Å²) in [6.07, 6.45) is 1.50. The van der Waals surface area contributed by atoms with Gasteiger partial charge in [0.25, 0.3) is 0 Å². The van der Waals surface area contributed by atoms with Gasteiger partial charge in [0.05, 0.1) is 0 Å². The van der Waals surface area contributed by atoms with Gasteiger partial charge in [-0.1, -0.05) is 37.3 Å². The van der Waals surface area contributed by atoms with E-state index in [-0.39, 0.29) is 6.09 Å². The van der Waals surface area contributed by atoms with Crippen molar-refractivity contribution in [3.63, 3.8) is 0 Å². The van der Waals surface area contributed by atoms with Crippen LogP contribution in [0.25, 0.3) is 0 Å². The second kappa shape index (κ2) is 7.18. The predicted octanol–water partition coefficient (Wildman–Crippen LogP) is 3.75.